The van der Waals surface area contributed by atoms with Gasteiger partial charge >= 0.3 is 0 Å². The van der Waals surface area contributed by atoms with Gasteiger partial charge in [-0.3, -0.25) is 9.59 Å². The predicted octanol–water partition coefficient (Wildman–Crippen LogP) is -2.50. The zero-order chi connectivity index (χ0) is 12.9. The van der Waals surface area contributed by atoms with Crippen molar-refractivity contribution in [1.29, 1.82) is 5.26 Å². The standard InChI is InChI=1S/C7H12N4O4S/c1-5(2-8)16(14,15)11(3-6(9)12)4-7(10)13/h5H,3-4H2,1H3,(H2,9,12)(H2,10,13). The van der Waals surface area contributed by atoms with Crippen LogP contribution in [0.4, 0.5) is 0 Å². The van der Waals surface area contributed by atoms with Crippen molar-refractivity contribution in [2.24, 2.45) is 11.5 Å². The minimum absolute atomic E-state index is 0.492. The molecular weight excluding hydrogens is 236 g/mol. The van der Waals surface area contributed by atoms with Gasteiger partial charge in [-0.2, -0.15) is 9.57 Å². The summed E-state index contributed by atoms with van der Waals surface area (Å²) in [7, 11) is -4.07. The van der Waals surface area contributed by atoms with E-state index in [0.717, 1.165) is 6.92 Å². The van der Waals surface area contributed by atoms with Gasteiger partial charge in [0.25, 0.3) is 0 Å². The van der Waals surface area contributed by atoms with Crippen LogP contribution < -0.4 is 11.5 Å². The summed E-state index contributed by atoms with van der Waals surface area (Å²) >= 11 is 0. The van der Waals surface area contributed by atoms with Crippen molar-refractivity contribution in [3.05, 3.63) is 0 Å². The van der Waals surface area contributed by atoms with Crippen LogP contribution in [0.25, 0.3) is 0 Å². The fourth-order valence-corrected chi connectivity index (χ4v) is 2.07. The highest BCUT2D eigenvalue weighted by Gasteiger charge is 2.30. The summed E-state index contributed by atoms with van der Waals surface area (Å²) in [5.74, 6) is -1.87. The van der Waals surface area contributed by atoms with Gasteiger partial charge < -0.3 is 11.5 Å². The lowest BCUT2D eigenvalue weighted by Gasteiger charge is -2.20. The number of carbonyl (C=O) groups excluding carboxylic acids is 2. The number of rotatable bonds is 6. The van der Waals surface area contributed by atoms with E-state index in [1.54, 1.807) is 0 Å². The number of nitriles is 1. The summed E-state index contributed by atoms with van der Waals surface area (Å²) in [6.07, 6.45) is 0. The molecule has 0 aromatic heterocycles. The summed E-state index contributed by atoms with van der Waals surface area (Å²) in [6.45, 7) is -0.237. The third kappa shape index (κ3) is 3.84. The maximum absolute atomic E-state index is 11.6. The minimum atomic E-state index is -4.07. The second kappa shape index (κ2) is 5.43. The molecule has 1 atom stereocenters. The summed E-state index contributed by atoms with van der Waals surface area (Å²) in [4.78, 5) is 21.3. The molecule has 0 aliphatic heterocycles. The Bertz CT molecular complexity index is 408. The van der Waals surface area contributed by atoms with Crippen LogP contribution in [0.1, 0.15) is 6.92 Å². The largest absolute Gasteiger partial charge is 0.369 e. The molecule has 0 aliphatic rings. The highest BCUT2D eigenvalue weighted by atomic mass is 32.2. The molecule has 0 aliphatic carbocycles. The van der Waals surface area contributed by atoms with E-state index in [9.17, 15) is 18.0 Å². The first-order valence-corrected chi connectivity index (χ1v) is 5.67. The van der Waals surface area contributed by atoms with Gasteiger partial charge in [-0.15, -0.1) is 0 Å². The number of primary amides is 2. The third-order valence-corrected chi connectivity index (χ3v) is 3.63. The number of sulfonamides is 1. The zero-order valence-corrected chi connectivity index (χ0v) is 9.40. The summed E-state index contributed by atoms with van der Waals surface area (Å²) < 4.78 is 23.7. The lowest BCUT2D eigenvalue weighted by molar-refractivity contribution is -0.120. The first-order valence-electron chi connectivity index (χ1n) is 4.17. The van der Waals surface area contributed by atoms with Crippen molar-refractivity contribution in [2.75, 3.05) is 13.1 Å². The van der Waals surface area contributed by atoms with E-state index in [1.807, 2.05) is 0 Å². The van der Waals surface area contributed by atoms with Crippen LogP contribution in [0.3, 0.4) is 0 Å². The molecule has 1 unspecified atom stereocenters. The molecule has 0 rings (SSSR count). The Kier molecular flexibility index (Phi) is 4.87. The average Bonchev–Trinajstić information content (AvgIpc) is 2.13. The van der Waals surface area contributed by atoms with E-state index in [0.29, 0.717) is 4.31 Å². The lowest BCUT2D eigenvalue weighted by atomic mass is 10.5. The molecule has 0 spiro atoms. The molecule has 2 amide bonds. The number of nitrogens with two attached hydrogens (primary N) is 2. The molecule has 16 heavy (non-hydrogen) atoms. The first kappa shape index (κ1) is 14.3. The van der Waals surface area contributed by atoms with Crippen LogP contribution in [-0.2, 0) is 19.6 Å². The molecule has 0 aromatic rings. The van der Waals surface area contributed by atoms with Crippen LogP contribution >= 0.6 is 0 Å². The van der Waals surface area contributed by atoms with E-state index in [4.69, 9.17) is 16.7 Å². The van der Waals surface area contributed by atoms with Gasteiger partial charge in [-0.25, -0.2) is 8.42 Å². The Morgan fingerprint density at radius 2 is 1.69 bits per heavy atom. The second-order valence-corrected chi connectivity index (χ2v) is 5.27. The number of hydrogen-bond acceptors (Lipinski definition) is 5. The maximum Gasteiger partial charge on any atom is 0.232 e. The van der Waals surface area contributed by atoms with Crippen molar-refractivity contribution < 1.29 is 18.0 Å². The Hall–Kier alpha value is -1.66. The van der Waals surface area contributed by atoms with Gasteiger partial charge in [-0.1, -0.05) is 0 Å². The molecule has 8 nitrogen and oxygen atoms in total. The Balaban J connectivity index is 5.11. The second-order valence-electron chi connectivity index (χ2n) is 3.02. The van der Waals surface area contributed by atoms with Crippen LogP contribution in [0.15, 0.2) is 0 Å². The Labute approximate surface area is 92.8 Å². The molecule has 0 fully saturated rings. The number of hydrogen-bond donors (Lipinski definition) is 2. The Morgan fingerprint density at radius 1 is 1.31 bits per heavy atom. The highest BCUT2D eigenvalue weighted by Crippen LogP contribution is 2.07. The summed E-state index contributed by atoms with van der Waals surface area (Å²) in [6, 6.07) is 1.50. The molecule has 90 valence electrons. The Morgan fingerprint density at radius 3 is 1.94 bits per heavy atom. The number of carbonyl (C=O) groups is 2. The SMILES string of the molecule is CC(C#N)S(=O)(=O)N(CC(N)=O)CC(N)=O. The molecule has 0 heterocycles. The number of amides is 2. The van der Waals surface area contributed by atoms with E-state index in [-0.39, 0.29) is 0 Å². The summed E-state index contributed by atoms with van der Waals surface area (Å²) in [5, 5.41) is 7.12. The van der Waals surface area contributed by atoms with Crippen molar-refractivity contribution in [2.45, 2.75) is 12.2 Å². The van der Waals surface area contributed by atoms with Gasteiger partial charge in [0.15, 0.2) is 5.25 Å². The normalized spacial score (nSPS) is 13.1. The molecule has 0 saturated carbocycles. The fourth-order valence-electron chi connectivity index (χ4n) is 0.874. The van der Waals surface area contributed by atoms with Gasteiger partial charge in [-0.05, 0) is 6.92 Å². The first-order chi connectivity index (χ1) is 7.21. The van der Waals surface area contributed by atoms with Crippen LogP contribution in [0, 0.1) is 11.3 Å². The molecule has 9 heteroatoms. The highest BCUT2D eigenvalue weighted by molar-refractivity contribution is 7.90. The van der Waals surface area contributed by atoms with E-state index < -0.39 is 40.2 Å². The van der Waals surface area contributed by atoms with Crippen molar-refractivity contribution in [3.63, 3.8) is 0 Å². The maximum atomic E-state index is 11.6. The topological polar surface area (TPSA) is 147 Å². The molecule has 0 aromatic carbocycles. The average molecular weight is 248 g/mol. The van der Waals surface area contributed by atoms with Crippen LogP contribution in [0.5, 0.6) is 0 Å². The molecular formula is C7H12N4O4S. The van der Waals surface area contributed by atoms with Gasteiger partial charge in [0, 0.05) is 0 Å². The van der Waals surface area contributed by atoms with Crippen molar-refractivity contribution in [3.8, 4) is 6.07 Å². The fraction of sp³-hybridized carbons (Fsp3) is 0.571. The smallest absolute Gasteiger partial charge is 0.232 e. The molecule has 0 saturated heterocycles. The zero-order valence-electron chi connectivity index (χ0n) is 8.58. The predicted molar refractivity (Wildman–Crippen MR) is 54.0 cm³/mol. The van der Waals surface area contributed by atoms with E-state index in [1.165, 1.54) is 6.07 Å². The quantitative estimate of drug-likeness (QED) is 0.533. The van der Waals surface area contributed by atoms with E-state index in [2.05, 4.69) is 0 Å². The molecule has 4 N–H and O–H groups in total. The van der Waals surface area contributed by atoms with Gasteiger partial charge in [0.05, 0.1) is 19.2 Å². The van der Waals surface area contributed by atoms with E-state index >= 15 is 0 Å². The third-order valence-electron chi connectivity index (χ3n) is 1.65. The summed E-state index contributed by atoms with van der Waals surface area (Å²) in [5.41, 5.74) is 9.65. The van der Waals surface area contributed by atoms with Gasteiger partial charge in [0.1, 0.15) is 0 Å². The van der Waals surface area contributed by atoms with Crippen molar-refractivity contribution in [1.82, 2.24) is 4.31 Å². The monoisotopic (exact) mass is 248 g/mol. The van der Waals surface area contributed by atoms with Gasteiger partial charge in [0.2, 0.25) is 21.8 Å². The molecule has 0 radical (unpaired) electrons. The minimum Gasteiger partial charge on any atom is -0.369 e. The number of nitrogens with zero attached hydrogens (tertiary/aromatic N) is 2. The van der Waals surface area contributed by atoms with Crippen LogP contribution in [0.2, 0.25) is 0 Å². The lowest BCUT2D eigenvalue weighted by Crippen LogP contribution is -2.46. The van der Waals surface area contributed by atoms with Crippen molar-refractivity contribution >= 4 is 21.8 Å². The van der Waals surface area contributed by atoms with Crippen LogP contribution in [-0.4, -0.2) is 42.9 Å². The molecule has 0 bridgehead atoms.